The number of para-hydroxylation sites is 1. The van der Waals surface area contributed by atoms with Crippen molar-refractivity contribution in [3.8, 4) is 0 Å². The number of rotatable bonds is 0. The molecule has 0 aromatic heterocycles. The summed E-state index contributed by atoms with van der Waals surface area (Å²) < 4.78 is 0. The molecule has 2 aliphatic heterocycles. The van der Waals surface area contributed by atoms with E-state index in [4.69, 9.17) is 0 Å². The predicted molar refractivity (Wildman–Crippen MR) is 76.1 cm³/mol. The van der Waals surface area contributed by atoms with E-state index in [9.17, 15) is 4.79 Å². The van der Waals surface area contributed by atoms with Crippen LogP contribution in [0.5, 0.6) is 0 Å². The molecule has 0 fully saturated rings. The van der Waals surface area contributed by atoms with Crippen LogP contribution in [-0.4, -0.2) is 5.91 Å². The highest BCUT2D eigenvalue weighted by atomic mass is 16.2. The molecule has 19 heavy (non-hydrogen) atoms. The summed E-state index contributed by atoms with van der Waals surface area (Å²) in [6, 6.07) is 15.8. The Kier molecular flexibility index (Phi) is 1.75. The third kappa shape index (κ3) is 1.01. The topological polar surface area (TPSA) is 20.3 Å². The number of hydrogen-bond acceptors (Lipinski definition) is 1. The molecule has 0 N–H and O–H groups in total. The lowest BCUT2D eigenvalue weighted by atomic mass is 9.85. The van der Waals surface area contributed by atoms with Crippen molar-refractivity contribution in [1.82, 2.24) is 0 Å². The molecule has 2 heterocycles. The molecule has 0 saturated heterocycles. The molecule has 2 aromatic rings. The summed E-state index contributed by atoms with van der Waals surface area (Å²) in [6.45, 7) is 6.33. The molecule has 0 bridgehead atoms. The van der Waals surface area contributed by atoms with E-state index in [2.05, 4.69) is 13.5 Å². The van der Waals surface area contributed by atoms with Crippen molar-refractivity contribution >= 4 is 17.2 Å². The van der Waals surface area contributed by atoms with Crippen LogP contribution < -0.4 is 4.90 Å². The van der Waals surface area contributed by atoms with E-state index >= 15 is 0 Å². The highest BCUT2D eigenvalue weighted by Gasteiger charge is 2.53. The van der Waals surface area contributed by atoms with Crippen LogP contribution in [-0.2, 0) is 5.54 Å². The van der Waals surface area contributed by atoms with Gasteiger partial charge in [0.25, 0.3) is 5.91 Å². The Morgan fingerprint density at radius 3 is 2.42 bits per heavy atom. The number of amides is 1. The van der Waals surface area contributed by atoms with Crippen molar-refractivity contribution in [1.29, 1.82) is 0 Å². The SMILES string of the molecule is C=C1c2ccccc2N2C(=O)c3ccccc3[C@@]12C. The Morgan fingerprint density at radius 1 is 1.00 bits per heavy atom. The summed E-state index contributed by atoms with van der Waals surface area (Å²) >= 11 is 0. The number of nitrogens with zero attached hydrogens (tertiary/aromatic N) is 1. The number of carbonyl (C=O) groups excluding carboxylic acids is 1. The van der Waals surface area contributed by atoms with Gasteiger partial charge in [-0.25, -0.2) is 0 Å². The molecule has 1 atom stereocenters. The summed E-state index contributed by atoms with van der Waals surface area (Å²) in [6.07, 6.45) is 0. The van der Waals surface area contributed by atoms with Crippen LogP contribution in [0.25, 0.3) is 5.57 Å². The molecular weight excluding hydrogens is 234 g/mol. The van der Waals surface area contributed by atoms with Crippen LogP contribution in [0.2, 0.25) is 0 Å². The smallest absolute Gasteiger partial charge is 0.259 e. The zero-order valence-corrected chi connectivity index (χ0v) is 10.7. The molecule has 0 spiro atoms. The van der Waals surface area contributed by atoms with Gasteiger partial charge in [-0.1, -0.05) is 43.0 Å². The number of fused-ring (bicyclic) bond motifs is 5. The van der Waals surface area contributed by atoms with Crippen molar-refractivity contribution < 1.29 is 4.79 Å². The van der Waals surface area contributed by atoms with Gasteiger partial charge in [-0.2, -0.15) is 0 Å². The normalized spacial score (nSPS) is 23.3. The standard InChI is InChI=1S/C17H13NO/c1-11-12-7-4-6-10-15(12)18-16(19)13-8-3-5-9-14(13)17(11,18)2/h3-10H,1H2,2H3/t17-/m1/s1. The summed E-state index contributed by atoms with van der Waals surface area (Å²) in [5.41, 5.74) is 4.46. The van der Waals surface area contributed by atoms with Crippen LogP contribution >= 0.6 is 0 Å². The molecule has 2 aliphatic rings. The zero-order valence-electron chi connectivity index (χ0n) is 10.7. The van der Waals surface area contributed by atoms with Crippen LogP contribution in [0.1, 0.15) is 28.4 Å². The first-order valence-corrected chi connectivity index (χ1v) is 6.38. The summed E-state index contributed by atoms with van der Waals surface area (Å²) in [5, 5.41) is 0. The summed E-state index contributed by atoms with van der Waals surface area (Å²) in [7, 11) is 0. The van der Waals surface area contributed by atoms with Gasteiger partial charge in [0.15, 0.2) is 0 Å². The minimum atomic E-state index is -0.433. The molecule has 2 heteroatoms. The summed E-state index contributed by atoms with van der Waals surface area (Å²) in [5.74, 6) is 0.0733. The van der Waals surface area contributed by atoms with Gasteiger partial charge in [0, 0.05) is 11.1 Å². The first kappa shape index (κ1) is 10.6. The second-order valence-corrected chi connectivity index (χ2v) is 5.25. The van der Waals surface area contributed by atoms with E-state index in [0.717, 1.165) is 28.0 Å². The molecule has 2 aromatic carbocycles. The van der Waals surface area contributed by atoms with Gasteiger partial charge in [0.05, 0.1) is 11.2 Å². The average molecular weight is 247 g/mol. The maximum Gasteiger partial charge on any atom is 0.259 e. The van der Waals surface area contributed by atoms with Crippen molar-refractivity contribution in [2.75, 3.05) is 4.90 Å². The van der Waals surface area contributed by atoms with Crippen molar-refractivity contribution in [3.63, 3.8) is 0 Å². The molecule has 0 aliphatic carbocycles. The van der Waals surface area contributed by atoms with E-state index in [1.165, 1.54) is 0 Å². The fourth-order valence-electron chi connectivity index (χ4n) is 3.37. The number of carbonyl (C=O) groups is 1. The van der Waals surface area contributed by atoms with Gasteiger partial charge in [0.2, 0.25) is 0 Å². The lowest BCUT2D eigenvalue weighted by Gasteiger charge is -2.29. The van der Waals surface area contributed by atoms with E-state index in [1.54, 1.807) is 0 Å². The number of hydrogen-bond donors (Lipinski definition) is 0. The number of benzene rings is 2. The van der Waals surface area contributed by atoms with Gasteiger partial charge in [-0.05, 0) is 30.2 Å². The molecule has 0 saturated carbocycles. The molecular formula is C17H13NO. The largest absolute Gasteiger partial charge is 0.294 e. The molecule has 1 amide bonds. The maximum absolute atomic E-state index is 12.7. The van der Waals surface area contributed by atoms with Crippen molar-refractivity contribution in [2.45, 2.75) is 12.5 Å². The van der Waals surface area contributed by atoms with Crippen molar-refractivity contribution in [2.24, 2.45) is 0 Å². The Bertz CT molecular complexity index is 746. The minimum absolute atomic E-state index is 0.0733. The fraction of sp³-hybridized carbons (Fsp3) is 0.118. The van der Waals surface area contributed by atoms with E-state index < -0.39 is 5.54 Å². The third-order valence-corrected chi connectivity index (χ3v) is 4.39. The predicted octanol–water partition coefficient (Wildman–Crippen LogP) is 3.59. The molecule has 92 valence electrons. The third-order valence-electron chi connectivity index (χ3n) is 4.39. The van der Waals surface area contributed by atoms with E-state index in [1.807, 2.05) is 53.4 Å². The lowest BCUT2D eigenvalue weighted by Crippen LogP contribution is -2.37. The Balaban J connectivity index is 2.08. The highest BCUT2D eigenvalue weighted by Crippen LogP contribution is 2.56. The Labute approximate surface area is 112 Å². The molecule has 4 rings (SSSR count). The van der Waals surface area contributed by atoms with Gasteiger partial charge < -0.3 is 0 Å². The first-order chi connectivity index (χ1) is 9.15. The average Bonchev–Trinajstić information content (AvgIpc) is 2.82. The monoisotopic (exact) mass is 247 g/mol. The fourth-order valence-corrected chi connectivity index (χ4v) is 3.37. The van der Waals surface area contributed by atoms with Crippen LogP contribution in [0.4, 0.5) is 5.69 Å². The zero-order chi connectivity index (χ0) is 13.2. The van der Waals surface area contributed by atoms with Crippen molar-refractivity contribution in [3.05, 3.63) is 71.8 Å². The van der Waals surface area contributed by atoms with Gasteiger partial charge in [-0.15, -0.1) is 0 Å². The van der Waals surface area contributed by atoms with Crippen LogP contribution in [0.3, 0.4) is 0 Å². The van der Waals surface area contributed by atoms with Gasteiger partial charge >= 0.3 is 0 Å². The van der Waals surface area contributed by atoms with Crippen LogP contribution in [0.15, 0.2) is 55.1 Å². The second-order valence-electron chi connectivity index (χ2n) is 5.25. The van der Waals surface area contributed by atoms with E-state index in [-0.39, 0.29) is 5.91 Å². The van der Waals surface area contributed by atoms with Crippen LogP contribution in [0, 0.1) is 0 Å². The first-order valence-electron chi connectivity index (χ1n) is 6.38. The highest BCUT2D eigenvalue weighted by molar-refractivity contribution is 6.18. The molecule has 0 radical (unpaired) electrons. The minimum Gasteiger partial charge on any atom is -0.294 e. The van der Waals surface area contributed by atoms with Gasteiger partial charge in [0.1, 0.15) is 0 Å². The summed E-state index contributed by atoms with van der Waals surface area (Å²) in [4.78, 5) is 14.6. The molecule has 2 nitrogen and oxygen atoms in total. The number of anilines is 1. The van der Waals surface area contributed by atoms with E-state index in [0.29, 0.717) is 0 Å². The maximum atomic E-state index is 12.7. The lowest BCUT2D eigenvalue weighted by molar-refractivity contribution is 0.0988. The Hall–Kier alpha value is -2.35. The molecule has 0 unspecified atom stereocenters. The van der Waals surface area contributed by atoms with Gasteiger partial charge in [-0.3, -0.25) is 9.69 Å². The quantitative estimate of drug-likeness (QED) is 0.696. The Morgan fingerprint density at radius 2 is 1.63 bits per heavy atom. The second kappa shape index (κ2) is 3.15.